The number of alkyl halides is 3. The summed E-state index contributed by atoms with van der Waals surface area (Å²) in [4.78, 5) is 29.7. The number of aryl methyl sites for hydroxylation is 1. The van der Waals surface area contributed by atoms with Crippen LogP contribution in [0.5, 0.6) is 11.6 Å². The van der Waals surface area contributed by atoms with Crippen molar-refractivity contribution in [3.8, 4) is 17.3 Å². The van der Waals surface area contributed by atoms with Crippen molar-refractivity contribution < 1.29 is 36.9 Å². The van der Waals surface area contributed by atoms with Gasteiger partial charge < -0.3 is 19.9 Å². The summed E-state index contributed by atoms with van der Waals surface area (Å²) >= 11 is 0. The maximum absolute atomic E-state index is 15.2. The first-order valence-corrected chi connectivity index (χ1v) is 10.6. The molecule has 1 aromatic carbocycles. The standard InChI is InChI=1S/C22H23F4N5O5/c1-4-30-17(10-32)29-31(22(30)34)14-8-15(36-16(9-23)19(25)26)12(7-13(14)24)20(33)28-18-11(2)5-6-27-21(18)35-3/h5-8,16,19,32H,4,9-10H2,1-3H3,(H,28,33)/t16-/m0/s1. The molecule has 0 spiro atoms. The number of hydrogen-bond acceptors (Lipinski definition) is 7. The Hall–Kier alpha value is -3.94. The third-order valence-electron chi connectivity index (χ3n) is 5.19. The molecule has 1 atom stereocenters. The van der Waals surface area contributed by atoms with Crippen LogP contribution < -0.4 is 20.5 Å². The predicted molar refractivity (Wildman–Crippen MR) is 119 cm³/mol. The number of nitrogens with one attached hydrogen (secondary N) is 1. The van der Waals surface area contributed by atoms with Crippen LogP contribution in [0.3, 0.4) is 0 Å². The van der Waals surface area contributed by atoms with E-state index in [1.165, 1.54) is 13.3 Å². The Balaban J connectivity index is 2.16. The van der Waals surface area contributed by atoms with E-state index in [0.29, 0.717) is 16.3 Å². The SMILES string of the molecule is CCn1c(CO)nn(-c2cc(O[C@@H](CF)C(F)F)c(C(=O)Nc3c(C)ccnc3OC)cc2F)c1=O. The highest BCUT2D eigenvalue weighted by Crippen LogP contribution is 2.30. The Kier molecular flexibility index (Phi) is 8.29. The lowest BCUT2D eigenvalue weighted by atomic mass is 10.1. The van der Waals surface area contributed by atoms with E-state index in [-0.39, 0.29) is 23.9 Å². The van der Waals surface area contributed by atoms with Crippen molar-refractivity contribution in [1.29, 1.82) is 0 Å². The minimum atomic E-state index is -3.27. The number of pyridine rings is 1. The quantitative estimate of drug-likeness (QED) is 0.400. The zero-order valence-electron chi connectivity index (χ0n) is 19.5. The van der Waals surface area contributed by atoms with Crippen LogP contribution in [0.4, 0.5) is 23.2 Å². The summed E-state index contributed by atoms with van der Waals surface area (Å²) in [7, 11) is 1.31. The molecule has 14 heteroatoms. The number of amides is 1. The van der Waals surface area contributed by atoms with Gasteiger partial charge >= 0.3 is 5.69 Å². The number of halogens is 4. The predicted octanol–water partition coefficient (Wildman–Crippen LogP) is 2.63. The molecule has 3 rings (SSSR count). The van der Waals surface area contributed by atoms with Gasteiger partial charge in [0.25, 0.3) is 12.3 Å². The molecule has 3 aromatic rings. The number of carbonyl (C=O) groups is 1. The summed E-state index contributed by atoms with van der Waals surface area (Å²) in [5.74, 6) is -2.82. The van der Waals surface area contributed by atoms with Gasteiger partial charge in [0.05, 0.1) is 12.7 Å². The average Bonchev–Trinajstić information content (AvgIpc) is 3.18. The molecule has 0 radical (unpaired) electrons. The molecule has 0 saturated carbocycles. The molecule has 0 fully saturated rings. The van der Waals surface area contributed by atoms with Crippen LogP contribution >= 0.6 is 0 Å². The molecular weight excluding hydrogens is 490 g/mol. The summed E-state index contributed by atoms with van der Waals surface area (Å²) in [5.41, 5.74) is -1.31. The average molecular weight is 513 g/mol. The number of hydrogen-bond donors (Lipinski definition) is 2. The van der Waals surface area contributed by atoms with Crippen molar-refractivity contribution in [2.75, 3.05) is 19.1 Å². The molecule has 2 N–H and O–H groups in total. The van der Waals surface area contributed by atoms with E-state index in [2.05, 4.69) is 15.4 Å². The van der Waals surface area contributed by atoms with Crippen LogP contribution in [0.2, 0.25) is 0 Å². The minimum Gasteiger partial charge on any atom is -0.481 e. The van der Waals surface area contributed by atoms with E-state index in [9.17, 15) is 27.9 Å². The molecule has 194 valence electrons. The van der Waals surface area contributed by atoms with Crippen LogP contribution in [0.1, 0.15) is 28.7 Å². The van der Waals surface area contributed by atoms with Crippen LogP contribution in [0.15, 0.2) is 29.2 Å². The first-order chi connectivity index (χ1) is 17.2. The van der Waals surface area contributed by atoms with Gasteiger partial charge in [-0.15, -0.1) is 5.10 Å². The number of methoxy groups -OCH3 is 1. The molecule has 0 aliphatic heterocycles. The van der Waals surface area contributed by atoms with Gasteiger partial charge in [-0.2, -0.15) is 4.68 Å². The van der Waals surface area contributed by atoms with E-state index in [4.69, 9.17) is 9.47 Å². The third-order valence-corrected chi connectivity index (χ3v) is 5.19. The number of rotatable bonds is 10. The topological polar surface area (TPSA) is 120 Å². The summed E-state index contributed by atoms with van der Waals surface area (Å²) in [6.45, 7) is 1.07. The Labute approximate surface area is 202 Å². The first-order valence-electron chi connectivity index (χ1n) is 10.6. The highest BCUT2D eigenvalue weighted by Gasteiger charge is 2.28. The molecule has 2 heterocycles. The second kappa shape index (κ2) is 11.2. The van der Waals surface area contributed by atoms with E-state index in [1.54, 1.807) is 19.9 Å². The summed E-state index contributed by atoms with van der Waals surface area (Å²) in [6, 6.07) is 3.00. The summed E-state index contributed by atoms with van der Waals surface area (Å²) < 4.78 is 66.8. The number of aliphatic hydroxyl groups excluding tert-OH is 1. The lowest BCUT2D eigenvalue weighted by molar-refractivity contribution is -0.00159. The molecule has 10 nitrogen and oxygen atoms in total. The number of aromatic nitrogens is 4. The molecule has 0 aliphatic carbocycles. The zero-order chi connectivity index (χ0) is 26.6. The lowest BCUT2D eigenvalue weighted by Gasteiger charge is -2.19. The Morgan fingerprint density at radius 1 is 1.31 bits per heavy atom. The summed E-state index contributed by atoms with van der Waals surface area (Å²) in [6.07, 6.45) is -4.12. The maximum atomic E-state index is 15.2. The number of aliphatic hydroxyl groups is 1. The molecule has 0 saturated heterocycles. The van der Waals surface area contributed by atoms with E-state index in [0.717, 1.165) is 10.6 Å². The molecule has 1 amide bonds. The van der Waals surface area contributed by atoms with Crippen LogP contribution in [-0.2, 0) is 13.2 Å². The van der Waals surface area contributed by atoms with Gasteiger partial charge in [-0.25, -0.2) is 27.3 Å². The number of ether oxygens (including phenoxy) is 2. The molecule has 0 unspecified atom stereocenters. The van der Waals surface area contributed by atoms with Gasteiger partial charge in [-0.05, 0) is 31.5 Å². The normalized spacial score (nSPS) is 12.0. The molecule has 2 aromatic heterocycles. The van der Waals surface area contributed by atoms with Gasteiger partial charge in [-0.3, -0.25) is 9.36 Å². The van der Waals surface area contributed by atoms with Crippen molar-refractivity contribution in [3.63, 3.8) is 0 Å². The summed E-state index contributed by atoms with van der Waals surface area (Å²) in [5, 5.41) is 15.8. The van der Waals surface area contributed by atoms with Gasteiger partial charge in [-0.1, -0.05) is 0 Å². The van der Waals surface area contributed by atoms with Gasteiger partial charge in [0.1, 0.15) is 36.2 Å². The number of carbonyl (C=O) groups excluding carboxylic acids is 1. The van der Waals surface area contributed by atoms with Crippen molar-refractivity contribution in [3.05, 3.63) is 57.6 Å². The Bertz CT molecular complexity index is 1310. The van der Waals surface area contributed by atoms with Crippen LogP contribution in [0.25, 0.3) is 5.69 Å². The van der Waals surface area contributed by atoms with Crippen molar-refractivity contribution in [1.82, 2.24) is 19.3 Å². The third kappa shape index (κ3) is 5.17. The second-order valence-corrected chi connectivity index (χ2v) is 7.42. The van der Waals surface area contributed by atoms with E-state index >= 15 is 4.39 Å². The fourth-order valence-corrected chi connectivity index (χ4v) is 3.34. The van der Waals surface area contributed by atoms with Gasteiger partial charge in [0.15, 0.2) is 11.9 Å². The number of benzene rings is 1. The van der Waals surface area contributed by atoms with E-state index in [1.807, 2.05) is 0 Å². The van der Waals surface area contributed by atoms with Crippen LogP contribution in [-0.4, -0.2) is 56.7 Å². The largest absolute Gasteiger partial charge is 0.481 e. The molecule has 0 bridgehead atoms. The molecule has 36 heavy (non-hydrogen) atoms. The number of anilines is 1. The highest BCUT2D eigenvalue weighted by molar-refractivity contribution is 6.07. The van der Waals surface area contributed by atoms with E-state index < -0.39 is 60.2 Å². The lowest BCUT2D eigenvalue weighted by Crippen LogP contribution is -2.29. The Morgan fingerprint density at radius 3 is 2.58 bits per heavy atom. The monoisotopic (exact) mass is 513 g/mol. The smallest absolute Gasteiger partial charge is 0.350 e. The van der Waals surface area contributed by atoms with Crippen LogP contribution in [0, 0.1) is 12.7 Å². The molecular formula is C22H23F4N5O5. The second-order valence-electron chi connectivity index (χ2n) is 7.42. The first kappa shape index (κ1) is 26.7. The van der Waals surface area contributed by atoms with Crippen molar-refractivity contribution >= 4 is 11.6 Å². The maximum Gasteiger partial charge on any atom is 0.350 e. The van der Waals surface area contributed by atoms with Crippen molar-refractivity contribution in [2.24, 2.45) is 0 Å². The molecule has 0 aliphatic rings. The van der Waals surface area contributed by atoms with Gasteiger partial charge in [0.2, 0.25) is 5.88 Å². The minimum absolute atomic E-state index is 0.0327. The fraction of sp³-hybridized carbons (Fsp3) is 0.364. The number of nitrogens with zero attached hydrogens (tertiary/aromatic N) is 4. The Morgan fingerprint density at radius 2 is 2.03 bits per heavy atom. The highest BCUT2D eigenvalue weighted by atomic mass is 19.3. The van der Waals surface area contributed by atoms with Crippen molar-refractivity contribution in [2.45, 2.75) is 39.5 Å². The fourth-order valence-electron chi connectivity index (χ4n) is 3.34. The zero-order valence-corrected chi connectivity index (χ0v) is 19.5. The van der Waals surface area contributed by atoms with Gasteiger partial charge in [0, 0.05) is 18.8 Å².